The number of phenolic OH excluding ortho intramolecular Hbond substituents is 1. The number of rotatable bonds is 5. The Morgan fingerprint density at radius 3 is 2.37 bits per heavy atom. The summed E-state index contributed by atoms with van der Waals surface area (Å²) in [5, 5.41) is 10.0. The monoisotopic (exact) mass is 393 g/mol. The number of sulfone groups is 1. The van der Waals surface area contributed by atoms with Crippen LogP contribution in [0.1, 0.15) is 19.3 Å². The van der Waals surface area contributed by atoms with Gasteiger partial charge >= 0.3 is 0 Å². The molecule has 0 spiro atoms. The highest BCUT2D eigenvalue weighted by Crippen LogP contribution is 2.32. The summed E-state index contributed by atoms with van der Waals surface area (Å²) in [4.78, 5) is 19.1. The number of carbonyl (C=O) groups excluding carboxylic acids is 1. The Hall–Kier alpha value is -1.80. The first-order valence-corrected chi connectivity index (χ1v) is 11.5. The molecule has 3 fully saturated rings. The lowest BCUT2D eigenvalue weighted by Crippen LogP contribution is -2.52. The van der Waals surface area contributed by atoms with E-state index in [9.17, 15) is 18.3 Å². The van der Waals surface area contributed by atoms with Crippen molar-refractivity contribution in [2.45, 2.75) is 31.3 Å². The predicted octanol–water partition coefficient (Wildman–Crippen LogP) is 0.692. The summed E-state index contributed by atoms with van der Waals surface area (Å²) in [7, 11) is -2.99. The fourth-order valence-electron chi connectivity index (χ4n) is 4.20. The Morgan fingerprint density at radius 2 is 1.78 bits per heavy atom. The topological polar surface area (TPSA) is 81.2 Å². The number of para-hydroxylation sites is 2. The van der Waals surface area contributed by atoms with Crippen LogP contribution in [0.4, 0.5) is 5.69 Å². The van der Waals surface area contributed by atoms with E-state index >= 15 is 0 Å². The summed E-state index contributed by atoms with van der Waals surface area (Å²) in [6.45, 7) is 3.36. The van der Waals surface area contributed by atoms with Gasteiger partial charge < -0.3 is 14.9 Å². The van der Waals surface area contributed by atoms with E-state index in [2.05, 4.69) is 9.80 Å². The lowest BCUT2D eigenvalue weighted by molar-refractivity contribution is -0.135. The highest BCUT2D eigenvalue weighted by Gasteiger charge is 2.42. The van der Waals surface area contributed by atoms with Gasteiger partial charge in [0.1, 0.15) is 5.75 Å². The van der Waals surface area contributed by atoms with Crippen LogP contribution in [0, 0.1) is 0 Å². The smallest absolute Gasteiger partial charge is 0.237 e. The van der Waals surface area contributed by atoms with Gasteiger partial charge in [-0.1, -0.05) is 12.1 Å². The Morgan fingerprint density at radius 1 is 1.07 bits per heavy atom. The van der Waals surface area contributed by atoms with Gasteiger partial charge in [0.2, 0.25) is 5.91 Å². The minimum atomic E-state index is -2.99. The van der Waals surface area contributed by atoms with Crippen molar-refractivity contribution in [1.29, 1.82) is 0 Å². The predicted molar refractivity (Wildman–Crippen MR) is 104 cm³/mol. The van der Waals surface area contributed by atoms with Crippen molar-refractivity contribution in [3.63, 3.8) is 0 Å². The number of carbonyl (C=O) groups is 1. The standard InChI is InChI=1S/C19H27N3O4S/c23-18-4-2-1-3-17(18)21-10-8-20(9-11-21)13-19(24)22(15-5-6-15)16-7-12-27(25,26)14-16/h1-4,15-16,23H,5-14H2/t16-/m1/s1. The van der Waals surface area contributed by atoms with Crippen molar-refractivity contribution in [2.75, 3.05) is 49.1 Å². The van der Waals surface area contributed by atoms with Crippen LogP contribution in [0.2, 0.25) is 0 Å². The van der Waals surface area contributed by atoms with Crippen molar-refractivity contribution in [2.24, 2.45) is 0 Å². The Bertz CT molecular complexity index is 801. The second-order valence-electron chi connectivity index (χ2n) is 7.84. The molecule has 1 aromatic rings. The van der Waals surface area contributed by atoms with Crippen molar-refractivity contribution in [3.05, 3.63) is 24.3 Å². The summed E-state index contributed by atoms with van der Waals surface area (Å²) in [5.41, 5.74) is 0.833. The molecule has 2 heterocycles. The number of hydrogen-bond donors (Lipinski definition) is 1. The molecule has 1 amide bonds. The third-order valence-corrected chi connectivity index (χ3v) is 7.53. The average molecular weight is 394 g/mol. The number of benzene rings is 1. The summed E-state index contributed by atoms with van der Waals surface area (Å²) in [5.74, 6) is 0.670. The molecule has 1 saturated carbocycles. The maximum atomic E-state index is 12.9. The molecule has 0 aromatic heterocycles. The summed E-state index contributed by atoms with van der Waals surface area (Å²) >= 11 is 0. The van der Waals surface area contributed by atoms with E-state index < -0.39 is 9.84 Å². The van der Waals surface area contributed by atoms with Crippen LogP contribution < -0.4 is 4.90 Å². The molecule has 2 saturated heterocycles. The van der Waals surface area contributed by atoms with Gasteiger partial charge in [-0.25, -0.2) is 8.42 Å². The van der Waals surface area contributed by atoms with E-state index in [4.69, 9.17) is 0 Å². The van der Waals surface area contributed by atoms with E-state index in [0.29, 0.717) is 13.0 Å². The van der Waals surface area contributed by atoms with Crippen LogP contribution in [-0.4, -0.2) is 85.5 Å². The van der Waals surface area contributed by atoms with Gasteiger partial charge in [0.05, 0.1) is 23.7 Å². The quantitative estimate of drug-likeness (QED) is 0.793. The van der Waals surface area contributed by atoms with Gasteiger partial charge in [-0.3, -0.25) is 9.69 Å². The van der Waals surface area contributed by atoms with Crippen molar-refractivity contribution >= 4 is 21.4 Å². The normalized spacial score (nSPS) is 25.5. The van der Waals surface area contributed by atoms with Crippen LogP contribution in [-0.2, 0) is 14.6 Å². The van der Waals surface area contributed by atoms with Gasteiger partial charge in [0.15, 0.2) is 9.84 Å². The molecule has 4 rings (SSSR count). The molecule has 1 N–H and O–H groups in total. The van der Waals surface area contributed by atoms with E-state index in [1.807, 2.05) is 23.1 Å². The van der Waals surface area contributed by atoms with E-state index in [0.717, 1.165) is 44.7 Å². The molecular formula is C19H27N3O4S. The van der Waals surface area contributed by atoms with Gasteiger partial charge in [-0.05, 0) is 31.4 Å². The fourth-order valence-corrected chi connectivity index (χ4v) is 5.92. The van der Waals surface area contributed by atoms with E-state index in [1.165, 1.54) is 0 Å². The molecule has 2 aliphatic heterocycles. The zero-order valence-corrected chi connectivity index (χ0v) is 16.3. The first-order chi connectivity index (χ1) is 12.9. The molecule has 8 heteroatoms. The Labute approximate surface area is 160 Å². The molecule has 3 aliphatic rings. The van der Waals surface area contributed by atoms with E-state index in [1.54, 1.807) is 6.07 Å². The van der Waals surface area contributed by atoms with Crippen molar-refractivity contribution in [1.82, 2.24) is 9.80 Å². The largest absolute Gasteiger partial charge is 0.506 e. The maximum Gasteiger partial charge on any atom is 0.237 e. The number of piperazine rings is 1. The Balaban J connectivity index is 1.34. The highest BCUT2D eigenvalue weighted by atomic mass is 32.2. The minimum absolute atomic E-state index is 0.0654. The van der Waals surface area contributed by atoms with Crippen LogP contribution in [0.5, 0.6) is 5.75 Å². The lowest BCUT2D eigenvalue weighted by atomic mass is 10.2. The van der Waals surface area contributed by atoms with Crippen molar-refractivity contribution < 1.29 is 18.3 Å². The number of phenols is 1. The molecule has 0 radical (unpaired) electrons. The third-order valence-electron chi connectivity index (χ3n) is 5.78. The molecule has 7 nitrogen and oxygen atoms in total. The third kappa shape index (κ3) is 4.21. The number of amides is 1. The first kappa shape index (κ1) is 18.6. The van der Waals surface area contributed by atoms with Crippen LogP contribution in [0.3, 0.4) is 0 Å². The minimum Gasteiger partial charge on any atom is -0.506 e. The molecule has 1 aliphatic carbocycles. The molecule has 148 valence electrons. The van der Waals surface area contributed by atoms with Crippen molar-refractivity contribution in [3.8, 4) is 5.75 Å². The second-order valence-corrected chi connectivity index (χ2v) is 10.1. The number of hydrogen-bond acceptors (Lipinski definition) is 6. The highest BCUT2D eigenvalue weighted by molar-refractivity contribution is 7.91. The molecule has 0 unspecified atom stereocenters. The lowest BCUT2D eigenvalue weighted by Gasteiger charge is -2.37. The van der Waals surface area contributed by atoms with Crippen LogP contribution in [0.25, 0.3) is 0 Å². The molecule has 1 aromatic carbocycles. The summed E-state index contributed by atoms with van der Waals surface area (Å²) in [6.07, 6.45) is 2.55. The van der Waals surface area contributed by atoms with Gasteiger partial charge in [0.25, 0.3) is 0 Å². The van der Waals surface area contributed by atoms with E-state index in [-0.39, 0.29) is 35.2 Å². The number of nitrogens with zero attached hydrogens (tertiary/aromatic N) is 3. The number of anilines is 1. The molecule has 27 heavy (non-hydrogen) atoms. The van der Waals surface area contributed by atoms with Crippen LogP contribution >= 0.6 is 0 Å². The first-order valence-electron chi connectivity index (χ1n) is 9.70. The zero-order chi connectivity index (χ0) is 19.0. The zero-order valence-electron chi connectivity index (χ0n) is 15.5. The molecule has 0 bridgehead atoms. The second kappa shape index (κ2) is 7.31. The summed E-state index contributed by atoms with van der Waals surface area (Å²) < 4.78 is 23.7. The maximum absolute atomic E-state index is 12.9. The summed E-state index contributed by atoms with van der Waals surface area (Å²) in [6, 6.07) is 7.41. The molecular weight excluding hydrogens is 366 g/mol. The molecule has 1 atom stereocenters. The van der Waals surface area contributed by atoms with Gasteiger partial charge in [-0.15, -0.1) is 0 Å². The average Bonchev–Trinajstić information content (AvgIpc) is 3.39. The number of aromatic hydroxyl groups is 1. The fraction of sp³-hybridized carbons (Fsp3) is 0.632. The van der Waals surface area contributed by atoms with Crippen LogP contribution in [0.15, 0.2) is 24.3 Å². The van der Waals surface area contributed by atoms with Gasteiger partial charge in [0, 0.05) is 38.3 Å². The SMILES string of the molecule is O=C(CN1CCN(c2ccccc2O)CC1)N(C1CC1)[C@@H]1CCS(=O)(=O)C1. The Kier molecular flexibility index (Phi) is 5.03. The van der Waals surface area contributed by atoms with Gasteiger partial charge in [-0.2, -0.15) is 0 Å².